The zero-order chi connectivity index (χ0) is 10.7. The maximum Gasteiger partial charge on any atom is 0.0661 e. The zero-order valence-corrected chi connectivity index (χ0v) is 9.46. The standard InChI is InChI=1S/C12H20N2O/c1-2-15-11-9-10(14-8-4-7-13)12(11)5-3-6-12/h10-11,14H,2-6,8-9H2,1H3. The van der Waals surface area contributed by atoms with Crippen molar-refractivity contribution >= 4 is 0 Å². The van der Waals surface area contributed by atoms with Gasteiger partial charge in [0.1, 0.15) is 0 Å². The van der Waals surface area contributed by atoms with E-state index in [1.165, 1.54) is 19.3 Å². The molecule has 0 aliphatic heterocycles. The molecule has 84 valence electrons. The summed E-state index contributed by atoms with van der Waals surface area (Å²) in [6.07, 6.45) is 6.20. The third kappa shape index (κ3) is 1.77. The lowest BCUT2D eigenvalue weighted by molar-refractivity contribution is -0.172. The van der Waals surface area contributed by atoms with E-state index < -0.39 is 0 Å². The summed E-state index contributed by atoms with van der Waals surface area (Å²) in [6, 6.07) is 2.78. The van der Waals surface area contributed by atoms with Gasteiger partial charge in [0.15, 0.2) is 0 Å². The molecule has 15 heavy (non-hydrogen) atoms. The van der Waals surface area contributed by atoms with Crippen LogP contribution in [0.4, 0.5) is 0 Å². The highest BCUT2D eigenvalue weighted by Gasteiger charge is 2.58. The second-order valence-corrected chi connectivity index (χ2v) is 4.68. The number of hydrogen-bond donors (Lipinski definition) is 1. The topological polar surface area (TPSA) is 45.0 Å². The third-order valence-electron chi connectivity index (χ3n) is 4.06. The molecule has 1 spiro atoms. The van der Waals surface area contributed by atoms with Gasteiger partial charge in [-0.1, -0.05) is 6.42 Å². The van der Waals surface area contributed by atoms with E-state index in [2.05, 4.69) is 18.3 Å². The Kier molecular flexibility index (Phi) is 3.28. The zero-order valence-electron chi connectivity index (χ0n) is 9.46. The summed E-state index contributed by atoms with van der Waals surface area (Å²) in [5, 5.41) is 12.0. The Hall–Kier alpha value is -0.590. The van der Waals surface area contributed by atoms with E-state index in [9.17, 15) is 0 Å². The van der Waals surface area contributed by atoms with Crippen LogP contribution in [-0.4, -0.2) is 25.3 Å². The Labute approximate surface area is 91.8 Å². The first-order chi connectivity index (χ1) is 7.33. The summed E-state index contributed by atoms with van der Waals surface area (Å²) < 4.78 is 5.77. The van der Waals surface area contributed by atoms with Gasteiger partial charge < -0.3 is 10.1 Å². The highest BCUT2D eigenvalue weighted by molar-refractivity contribution is 5.12. The molecule has 0 saturated heterocycles. The van der Waals surface area contributed by atoms with Gasteiger partial charge in [-0.25, -0.2) is 0 Å². The molecule has 0 amide bonds. The van der Waals surface area contributed by atoms with Crippen molar-refractivity contribution < 1.29 is 4.74 Å². The van der Waals surface area contributed by atoms with Crippen LogP contribution >= 0.6 is 0 Å². The second-order valence-electron chi connectivity index (χ2n) is 4.68. The van der Waals surface area contributed by atoms with Crippen LogP contribution in [0.15, 0.2) is 0 Å². The Morgan fingerprint density at radius 2 is 2.33 bits per heavy atom. The van der Waals surface area contributed by atoms with Gasteiger partial charge in [0.05, 0.1) is 12.2 Å². The van der Waals surface area contributed by atoms with Crippen molar-refractivity contribution in [1.29, 1.82) is 5.26 Å². The fraction of sp³-hybridized carbons (Fsp3) is 0.917. The van der Waals surface area contributed by atoms with Crippen LogP contribution in [0.3, 0.4) is 0 Å². The molecule has 2 aliphatic carbocycles. The molecule has 2 unspecified atom stereocenters. The number of ether oxygens (including phenoxy) is 1. The van der Waals surface area contributed by atoms with Crippen LogP contribution in [0.25, 0.3) is 0 Å². The molecule has 2 aliphatic rings. The molecule has 1 N–H and O–H groups in total. The first-order valence-electron chi connectivity index (χ1n) is 6.05. The molecule has 2 rings (SSSR count). The van der Waals surface area contributed by atoms with E-state index in [0.29, 0.717) is 24.0 Å². The van der Waals surface area contributed by atoms with Crippen LogP contribution in [0.5, 0.6) is 0 Å². The van der Waals surface area contributed by atoms with Crippen LogP contribution in [-0.2, 0) is 4.74 Å². The molecule has 0 heterocycles. The van der Waals surface area contributed by atoms with E-state index in [1.807, 2.05) is 0 Å². The van der Waals surface area contributed by atoms with Crippen molar-refractivity contribution in [2.24, 2.45) is 5.41 Å². The lowest BCUT2D eigenvalue weighted by atomic mass is 9.51. The normalized spacial score (nSPS) is 31.7. The van der Waals surface area contributed by atoms with Crippen molar-refractivity contribution in [2.45, 2.75) is 51.2 Å². The molecule has 3 nitrogen and oxygen atoms in total. The Morgan fingerprint density at radius 3 is 2.87 bits per heavy atom. The highest BCUT2D eigenvalue weighted by Crippen LogP contribution is 2.57. The lowest BCUT2D eigenvalue weighted by Crippen LogP contribution is -2.66. The summed E-state index contributed by atoms with van der Waals surface area (Å²) in [6.45, 7) is 3.74. The van der Waals surface area contributed by atoms with Crippen molar-refractivity contribution in [2.75, 3.05) is 13.2 Å². The summed E-state index contributed by atoms with van der Waals surface area (Å²) >= 11 is 0. The van der Waals surface area contributed by atoms with Crippen molar-refractivity contribution in [3.05, 3.63) is 0 Å². The molecule has 0 aromatic rings. The van der Waals surface area contributed by atoms with Gasteiger partial charge in [0.2, 0.25) is 0 Å². The molecule has 2 saturated carbocycles. The number of hydrogen-bond acceptors (Lipinski definition) is 3. The van der Waals surface area contributed by atoms with Crippen molar-refractivity contribution in [3.8, 4) is 6.07 Å². The smallest absolute Gasteiger partial charge is 0.0661 e. The molecular weight excluding hydrogens is 188 g/mol. The van der Waals surface area contributed by atoms with E-state index in [0.717, 1.165) is 19.6 Å². The minimum absolute atomic E-state index is 0.436. The van der Waals surface area contributed by atoms with E-state index in [-0.39, 0.29) is 0 Å². The Balaban J connectivity index is 1.80. The van der Waals surface area contributed by atoms with Crippen LogP contribution in [0.2, 0.25) is 0 Å². The fourth-order valence-corrected chi connectivity index (χ4v) is 3.03. The first-order valence-corrected chi connectivity index (χ1v) is 6.05. The predicted molar refractivity (Wildman–Crippen MR) is 58.3 cm³/mol. The van der Waals surface area contributed by atoms with Gasteiger partial charge >= 0.3 is 0 Å². The van der Waals surface area contributed by atoms with Gasteiger partial charge in [-0.2, -0.15) is 5.26 Å². The van der Waals surface area contributed by atoms with Gasteiger partial charge in [-0.3, -0.25) is 0 Å². The molecule has 0 radical (unpaired) electrons. The van der Waals surface area contributed by atoms with Gasteiger partial charge in [0, 0.05) is 31.0 Å². The number of nitrogens with zero attached hydrogens (tertiary/aromatic N) is 1. The first kappa shape index (κ1) is 10.9. The lowest BCUT2D eigenvalue weighted by Gasteiger charge is -2.61. The molecule has 2 atom stereocenters. The average molecular weight is 208 g/mol. The SMILES string of the molecule is CCOC1CC(NCCC#N)C12CCC2. The van der Waals surface area contributed by atoms with E-state index in [4.69, 9.17) is 10.00 Å². The summed E-state index contributed by atoms with van der Waals surface area (Å²) in [5.74, 6) is 0. The summed E-state index contributed by atoms with van der Waals surface area (Å²) in [5.41, 5.74) is 0.436. The second kappa shape index (κ2) is 4.51. The molecule has 3 heteroatoms. The molecule has 0 aromatic carbocycles. The Morgan fingerprint density at radius 1 is 1.53 bits per heavy atom. The largest absolute Gasteiger partial charge is 0.378 e. The average Bonchev–Trinajstić information content (AvgIpc) is 2.12. The van der Waals surface area contributed by atoms with Crippen LogP contribution in [0.1, 0.15) is 39.0 Å². The Bertz CT molecular complexity index is 255. The van der Waals surface area contributed by atoms with Crippen molar-refractivity contribution in [3.63, 3.8) is 0 Å². The van der Waals surface area contributed by atoms with E-state index >= 15 is 0 Å². The van der Waals surface area contributed by atoms with Gasteiger partial charge in [-0.05, 0) is 26.2 Å². The van der Waals surface area contributed by atoms with Gasteiger partial charge in [0.25, 0.3) is 0 Å². The predicted octanol–water partition coefficient (Wildman–Crippen LogP) is 1.84. The minimum atomic E-state index is 0.436. The van der Waals surface area contributed by atoms with Crippen LogP contribution in [0, 0.1) is 16.7 Å². The monoisotopic (exact) mass is 208 g/mol. The third-order valence-corrected chi connectivity index (χ3v) is 4.06. The van der Waals surface area contributed by atoms with E-state index in [1.54, 1.807) is 0 Å². The fourth-order valence-electron chi connectivity index (χ4n) is 3.03. The summed E-state index contributed by atoms with van der Waals surface area (Å²) in [7, 11) is 0. The molecule has 0 aromatic heterocycles. The van der Waals surface area contributed by atoms with Gasteiger partial charge in [-0.15, -0.1) is 0 Å². The van der Waals surface area contributed by atoms with Crippen LogP contribution < -0.4 is 5.32 Å². The molecular formula is C12H20N2O. The summed E-state index contributed by atoms with van der Waals surface area (Å²) in [4.78, 5) is 0. The maximum absolute atomic E-state index is 8.49. The highest BCUT2D eigenvalue weighted by atomic mass is 16.5. The number of nitriles is 1. The quantitative estimate of drug-likeness (QED) is 0.701. The minimum Gasteiger partial charge on any atom is -0.378 e. The number of nitrogens with one attached hydrogen (secondary N) is 1. The molecule has 2 fully saturated rings. The maximum atomic E-state index is 8.49. The molecule has 0 bridgehead atoms. The van der Waals surface area contributed by atoms with Crippen molar-refractivity contribution in [1.82, 2.24) is 5.32 Å². The number of rotatable bonds is 5.